The third kappa shape index (κ3) is 2.13. The van der Waals surface area contributed by atoms with Crippen LogP contribution >= 0.6 is 0 Å². The van der Waals surface area contributed by atoms with Crippen LogP contribution in [0.4, 0.5) is 5.69 Å². The molecule has 3 heteroatoms. The number of fused-ring (bicyclic) bond motifs is 1. The molecule has 3 N–H and O–H groups in total. The summed E-state index contributed by atoms with van der Waals surface area (Å²) in [4.78, 5) is 3.24. The van der Waals surface area contributed by atoms with E-state index in [1.807, 2.05) is 13.2 Å². The summed E-state index contributed by atoms with van der Waals surface area (Å²) in [6.07, 6.45) is 1.98. The number of hydrogen-bond acceptors (Lipinski definition) is 2. The molecule has 0 aliphatic rings. The Bertz CT molecular complexity index is 445. The lowest BCUT2D eigenvalue weighted by molar-refractivity contribution is 0.824. The first-order chi connectivity index (χ1) is 7.31. The molecule has 3 nitrogen and oxygen atoms in total. The van der Waals surface area contributed by atoms with Crippen molar-refractivity contribution in [2.45, 2.75) is 6.92 Å². The van der Waals surface area contributed by atoms with Gasteiger partial charge in [-0.05, 0) is 37.7 Å². The minimum Gasteiger partial charge on any atom is -0.384 e. The molecule has 1 aromatic heterocycles. The lowest BCUT2D eigenvalue weighted by Gasteiger charge is -2.07. The molecule has 0 atom stereocenters. The van der Waals surface area contributed by atoms with E-state index in [1.165, 1.54) is 22.2 Å². The third-order valence-electron chi connectivity index (χ3n) is 2.56. The number of nitrogens with one attached hydrogen (secondary N) is 3. The second kappa shape index (κ2) is 4.36. The Morgan fingerprint density at radius 2 is 2.13 bits per heavy atom. The van der Waals surface area contributed by atoms with Crippen molar-refractivity contribution in [1.82, 2.24) is 10.3 Å². The van der Waals surface area contributed by atoms with Gasteiger partial charge in [-0.15, -0.1) is 0 Å². The minimum absolute atomic E-state index is 0.950. The Morgan fingerprint density at radius 3 is 2.93 bits per heavy atom. The highest BCUT2D eigenvalue weighted by atomic mass is 14.9. The topological polar surface area (TPSA) is 39.8 Å². The Kier molecular flexibility index (Phi) is 2.92. The van der Waals surface area contributed by atoms with Gasteiger partial charge in [0.15, 0.2) is 0 Å². The summed E-state index contributed by atoms with van der Waals surface area (Å²) in [6.45, 7) is 4.05. The van der Waals surface area contributed by atoms with Gasteiger partial charge < -0.3 is 15.6 Å². The molecule has 0 spiro atoms. The first kappa shape index (κ1) is 10.1. The zero-order valence-electron chi connectivity index (χ0n) is 9.22. The van der Waals surface area contributed by atoms with E-state index in [1.54, 1.807) is 0 Å². The molecule has 0 radical (unpaired) electrons. The molecule has 0 saturated carbocycles. The van der Waals surface area contributed by atoms with Gasteiger partial charge in [0.2, 0.25) is 0 Å². The average Bonchev–Trinajstić information content (AvgIpc) is 2.66. The zero-order chi connectivity index (χ0) is 10.7. The fraction of sp³-hybridized carbons (Fsp3) is 0.333. The van der Waals surface area contributed by atoms with Crippen LogP contribution in [0.5, 0.6) is 0 Å². The van der Waals surface area contributed by atoms with Crippen LogP contribution in [0, 0.1) is 6.92 Å². The largest absolute Gasteiger partial charge is 0.384 e. The number of aromatic nitrogens is 1. The number of hydrogen-bond donors (Lipinski definition) is 3. The molecule has 2 rings (SSSR count). The highest BCUT2D eigenvalue weighted by molar-refractivity contribution is 5.86. The van der Waals surface area contributed by atoms with Gasteiger partial charge in [0.1, 0.15) is 0 Å². The maximum atomic E-state index is 3.39. The summed E-state index contributed by atoms with van der Waals surface area (Å²) < 4.78 is 0. The zero-order valence-corrected chi connectivity index (χ0v) is 9.22. The van der Waals surface area contributed by atoms with Gasteiger partial charge in [-0.1, -0.05) is 0 Å². The van der Waals surface area contributed by atoms with Gasteiger partial charge in [0.05, 0.1) is 0 Å². The summed E-state index contributed by atoms with van der Waals surface area (Å²) in [7, 11) is 1.96. The average molecular weight is 203 g/mol. The smallest absolute Gasteiger partial charge is 0.0485 e. The number of rotatable bonds is 4. The van der Waals surface area contributed by atoms with E-state index in [2.05, 4.69) is 40.7 Å². The highest BCUT2D eigenvalue weighted by Crippen LogP contribution is 2.21. The normalized spacial score (nSPS) is 10.8. The lowest BCUT2D eigenvalue weighted by atomic mass is 10.1. The number of aryl methyl sites for hydroxylation is 1. The summed E-state index contributed by atoms with van der Waals surface area (Å²) in [5, 5.41) is 7.77. The van der Waals surface area contributed by atoms with E-state index in [0.717, 1.165) is 13.1 Å². The van der Waals surface area contributed by atoms with Crippen molar-refractivity contribution in [2.24, 2.45) is 0 Å². The molecule has 1 heterocycles. The van der Waals surface area contributed by atoms with Crippen LogP contribution in [0.2, 0.25) is 0 Å². The lowest BCUT2D eigenvalue weighted by Crippen LogP contribution is -2.17. The number of likely N-dealkylation sites (N-methyl/N-ethyl adjacent to an activating group) is 1. The van der Waals surface area contributed by atoms with E-state index in [-0.39, 0.29) is 0 Å². The van der Waals surface area contributed by atoms with Crippen molar-refractivity contribution in [3.8, 4) is 0 Å². The molecule has 0 unspecified atom stereocenters. The quantitative estimate of drug-likeness (QED) is 0.666. The Balaban J connectivity index is 2.21. The van der Waals surface area contributed by atoms with Crippen LogP contribution in [0.3, 0.4) is 0 Å². The first-order valence-electron chi connectivity index (χ1n) is 5.27. The van der Waals surface area contributed by atoms with Crippen molar-refractivity contribution in [3.05, 3.63) is 30.0 Å². The van der Waals surface area contributed by atoms with Gasteiger partial charge in [-0.2, -0.15) is 0 Å². The molecule has 0 amide bonds. The molecule has 1 aromatic carbocycles. The van der Waals surface area contributed by atoms with Crippen molar-refractivity contribution in [3.63, 3.8) is 0 Å². The number of benzene rings is 1. The standard InChI is InChI=1S/C12H17N3/c1-9-7-11(14-6-5-13-2)8-10-3-4-15-12(9)10/h3-4,7-8,13-15H,5-6H2,1-2H3. The second-order valence-corrected chi connectivity index (χ2v) is 3.77. The highest BCUT2D eigenvalue weighted by Gasteiger charge is 2.00. The Morgan fingerprint density at radius 1 is 1.27 bits per heavy atom. The molecule has 0 aliphatic heterocycles. The monoisotopic (exact) mass is 203 g/mol. The van der Waals surface area contributed by atoms with Gasteiger partial charge in [-0.3, -0.25) is 0 Å². The number of aromatic amines is 1. The van der Waals surface area contributed by atoms with Gasteiger partial charge in [0, 0.05) is 35.9 Å². The van der Waals surface area contributed by atoms with Crippen molar-refractivity contribution in [2.75, 3.05) is 25.5 Å². The molecular weight excluding hydrogens is 186 g/mol. The SMILES string of the molecule is CNCCNc1cc(C)c2[nH]ccc2c1. The third-order valence-corrected chi connectivity index (χ3v) is 2.56. The molecule has 15 heavy (non-hydrogen) atoms. The van der Waals surface area contributed by atoms with Crippen LogP contribution in [0.1, 0.15) is 5.56 Å². The maximum Gasteiger partial charge on any atom is 0.0485 e. The van der Waals surface area contributed by atoms with E-state index in [0.29, 0.717) is 0 Å². The number of anilines is 1. The predicted octanol–water partition coefficient (Wildman–Crippen LogP) is 2.11. The van der Waals surface area contributed by atoms with E-state index >= 15 is 0 Å². The maximum absolute atomic E-state index is 3.39. The summed E-state index contributed by atoms with van der Waals surface area (Å²) in [5.41, 5.74) is 3.70. The first-order valence-corrected chi connectivity index (χ1v) is 5.27. The van der Waals surface area contributed by atoms with Crippen LogP contribution in [0.25, 0.3) is 10.9 Å². The molecular formula is C12H17N3. The molecule has 0 aliphatic carbocycles. The molecule has 0 saturated heterocycles. The Labute approximate surface area is 89.9 Å². The van der Waals surface area contributed by atoms with E-state index in [4.69, 9.17) is 0 Å². The van der Waals surface area contributed by atoms with Crippen LogP contribution in [-0.4, -0.2) is 25.1 Å². The molecule has 80 valence electrons. The summed E-state index contributed by atoms with van der Waals surface area (Å²) >= 11 is 0. The molecule has 2 aromatic rings. The molecule has 0 bridgehead atoms. The Hall–Kier alpha value is -1.48. The summed E-state index contributed by atoms with van der Waals surface area (Å²) in [6, 6.07) is 6.45. The van der Waals surface area contributed by atoms with Crippen molar-refractivity contribution in [1.29, 1.82) is 0 Å². The second-order valence-electron chi connectivity index (χ2n) is 3.77. The van der Waals surface area contributed by atoms with Crippen LogP contribution in [0.15, 0.2) is 24.4 Å². The van der Waals surface area contributed by atoms with Gasteiger partial charge >= 0.3 is 0 Å². The fourth-order valence-corrected chi connectivity index (χ4v) is 1.79. The minimum atomic E-state index is 0.950. The van der Waals surface area contributed by atoms with Gasteiger partial charge in [0.25, 0.3) is 0 Å². The number of H-pyrrole nitrogens is 1. The summed E-state index contributed by atoms with van der Waals surface area (Å²) in [5.74, 6) is 0. The van der Waals surface area contributed by atoms with Crippen LogP contribution < -0.4 is 10.6 Å². The van der Waals surface area contributed by atoms with E-state index in [9.17, 15) is 0 Å². The van der Waals surface area contributed by atoms with E-state index < -0.39 is 0 Å². The van der Waals surface area contributed by atoms with Crippen molar-refractivity contribution >= 4 is 16.6 Å². The van der Waals surface area contributed by atoms with Crippen LogP contribution in [-0.2, 0) is 0 Å². The molecule has 0 fully saturated rings. The van der Waals surface area contributed by atoms with Crippen molar-refractivity contribution < 1.29 is 0 Å². The predicted molar refractivity (Wildman–Crippen MR) is 65.5 cm³/mol. The fourth-order valence-electron chi connectivity index (χ4n) is 1.79. The van der Waals surface area contributed by atoms with Gasteiger partial charge in [-0.25, -0.2) is 0 Å².